The number of carbonyl (C=O) groups is 2. The Labute approximate surface area is 174 Å². The summed E-state index contributed by atoms with van der Waals surface area (Å²) in [6.07, 6.45) is 2.12. The molecule has 1 aromatic heterocycles. The zero-order valence-corrected chi connectivity index (χ0v) is 16.5. The topological polar surface area (TPSA) is 92.0 Å². The first-order valence-electron chi connectivity index (χ1n) is 9.66. The number of nitrogens with one attached hydrogen (secondary N) is 1. The molecule has 2 aromatic carbocycles. The Bertz CT molecular complexity index is 941. The maximum Gasteiger partial charge on any atom is 0.291 e. The standard InChI is InChI=1S/C23H24N2O5/c26-14-13-25(12-11-18-6-2-1-3-7-18)22(27)17-30-20-9-4-8-19(16-20)24-23(28)21-10-5-15-29-21/h1-10,15-16,26H,11-14,17H2,(H,24,28). The molecule has 0 saturated carbocycles. The fraction of sp³-hybridized carbons (Fsp3) is 0.217. The molecular formula is C23H24N2O5. The number of amides is 2. The smallest absolute Gasteiger partial charge is 0.291 e. The van der Waals surface area contributed by atoms with Crippen LogP contribution in [0.5, 0.6) is 5.75 Å². The molecule has 156 valence electrons. The van der Waals surface area contributed by atoms with E-state index in [9.17, 15) is 14.7 Å². The third-order valence-electron chi connectivity index (χ3n) is 4.44. The number of aliphatic hydroxyl groups is 1. The number of hydrogen-bond donors (Lipinski definition) is 2. The van der Waals surface area contributed by atoms with Gasteiger partial charge in [-0.05, 0) is 36.2 Å². The van der Waals surface area contributed by atoms with Crippen LogP contribution in [0, 0.1) is 0 Å². The van der Waals surface area contributed by atoms with Crippen LogP contribution in [-0.2, 0) is 11.2 Å². The van der Waals surface area contributed by atoms with Crippen LogP contribution in [0.3, 0.4) is 0 Å². The summed E-state index contributed by atoms with van der Waals surface area (Å²) < 4.78 is 10.7. The number of furan rings is 1. The first-order valence-corrected chi connectivity index (χ1v) is 9.66. The second-order valence-electron chi connectivity index (χ2n) is 6.59. The van der Waals surface area contributed by atoms with E-state index in [4.69, 9.17) is 9.15 Å². The Morgan fingerprint density at radius 1 is 1.00 bits per heavy atom. The summed E-state index contributed by atoms with van der Waals surface area (Å²) >= 11 is 0. The highest BCUT2D eigenvalue weighted by atomic mass is 16.5. The van der Waals surface area contributed by atoms with Crippen molar-refractivity contribution in [3.05, 3.63) is 84.3 Å². The summed E-state index contributed by atoms with van der Waals surface area (Å²) in [5.41, 5.74) is 1.65. The fourth-order valence-corrected chi connectivity index (χ4v) is 2.89. The molecule has 0 atom stereocenters. The van der Waals surface area contributed by atoms with Gasteiger partial charge in [0.1, 0.15) is 5.75 Å². The average molecular weight is 408 g/mol. The lowest BCUT2D eigenvalue weighted by molar-refractivity contribution is -0.133. The van der Waals surface area contributed by atoms with Crippen molar-refractivity contribution < 1.29 is 23.8 Å². The lowest BCUT2D eigenvalue weighted by Gasteiger charge is -2.22. The Morgan fingerprint density at radius 2 is 1.83 bits per heavy atom. The van der Waals surface area contributed by atoms with Gasteiger partial charge in [0.05, 0.1) is 12.9 Å². The number of rotatable bonds is 10. The second kappa shape index (κ2) is 10.8. The summed E-state index contributed by atoms with van der Waals surface area (Å²) in [7, 11) is 0. The van der Waals surface area contributed by atoms with Crippen molar-refractivity contribution in [3.63, 3.8) is 0 Å². The molecule has 1 heterocycles. The molecule has 0 aliphatic rings. The quantitative estimate of drug-likeness (QED) is 0.538. The molecule has 0 unspecified atom stereocenters. The monoisotopic (exact) mass is 408 g/mol. The van der Waals surface area contributed by atoms with Crippen LogP contribution in [0.2, 0.25) is 0 Å². The van der Waals surface area contributed by atoms with Crippen LogP contribution >= 0.6 is 0 Å². The van der Waals surface area contributed by atoms with Crippen molar-refractivity contribution in [2.24, 2.45) is 0 Å². The lowest BCUT2D eigenvalue weighted by Crippen LogP contribution is -2.38. The number of carbonyl (C=O) groups excluding carboxylic acids is 2. The Morgan fingerprint density at radius 3 is 2.57 bits per heavy atom. The number of benzene rings is 2. The number of ether oxygens (including phenoxy) is 1. The highest BCUT2D eigenvalue weighted by molar-refractivity contribution is 6.02. The fourth-order valence-electron chi connectivity index (χ4n) is 2.89. The van der Waals surface area contributed by atoms with Gasteiger partial charge < -0.3 is 24.5 Å². The van der Waals surface area contributed by atoms with Gasteiger partial charge in [0, 0.05) is 24.8 Å². The minimum Gasteiger partial charge on any atom is -0.484 e. The maximum absolute atomic E-state index is 12.6. The molecule has 7 heteroatoms. The normalized spacial score (nSPS) is 10.4. The molecule has 2 amide bonds. The number of aliphatic hydroxyl groups excluding tert-OH is 1. The number of nitrogens with zero attached hydrogens (tertiary/aromatic N) is 1. The summed E-state index contributed by atoms with van der Waals surface area (Å²) in [5, 5.41) is 12.0. The number of hydrogen-bond acceptors (Lipinski definition) is 5. The molecule has 2 N–H and O–H groups in total. The van der Waals surface area contributed by atoms with Gasteiger partial charge in [-0.15, -0.1) is 0 Å². The van der Waals surface area contributed by atoms with Crippen LogP contribution in [0.25, 0.3) is 0 Å². The first-order chi connectivity index (χ1) is 14.7. The predicted octanol–water partition coefficient (Wildman–Crippen LogP) is 2.97. The molecule has 0 fully saturated rings. The van der Waals surface area contributed by atoms with Crippen LogP contribution in [0.4, 0.5) is 5.69 Å². The lowest BCUT2D eigenvalue weighted by atomic mass is 10.1. The highest BCUT2D eigenvalue weighted by Crippen LogP contribution is 2.18. The third-order valence-corrected chi connectivity index (χ3v) is 4.44. The maximum atomic E-state index is 12.6. The van der Waals surface area contributed by atoms with E-state index >= 15 is 0 Å². The highest BCUT2D eigenvalue weighted by Gasteiger charge is 2.14. The molecule has 7 nitrogen and oxygen atoms in total. The van der Waals surface area contributed by atoms with Crippen LogP contribution in [0.15, 0.2) is 77.4 Å². The van der Waals surface area contributed by atoms with Gasteiger partial charge in [-0.25, -0.2) is 0 Å². The van der Waals surface area contributed by atoms with E-state index in [1.165, 1.54) is 6.26 Å². The molecule has 0 radical (unpaired) electrons. The van der Waals surface area contributed by atoms with Gasteiger partial charge in [-0.2, -0.15) is 0 Å². The number of anilines is 1. The average Bonchev–Trinajstić information content (AvgIpc) is 3.31. The largest absolute Gasteiger partial charge is 0.484 e. The van der Waals surface area contributed by atoms with E-state index < -0.39 is 0 Å². The van der Waals surface area contributed by atoms with Crippen molar-refractivity contribution in [1.82, 2.24) is 4.90 Å². The molecule has 0 spiro atoms. The van der Waals surface area contributed by atoms with Crippen molar-refractivity contribution in [3.8, 4) is 5.75 Å². The van der Waals surface area contributed by atoms with Crippen molar-refractivity contribution in [2.75, 3.05) is 31.6 Å². The molecule has 0 saturated heterocycles. The van der Waals surface area contributed by atoms with Crippen LogP contribution in [0.1, 0.15) is 16.1 Å². The Hall–Kier alpha value is -3.58. The van der Waals surface area contributed by atoms with Crippen LogP contribution in [-0.4, -0.2) is 48.1 Å². The molecular weight excluding hydrogens is 384 g/mol. The molecule has 3 rings (SSSR count). The molecule has 0 bridgehead atoms. The zero-order valence-electron chi connectivity index (χ0n) is 16.5. The summed E-state index contributed by atoms with van der Waals surface area (Å²) in [6, 6.07) is 19.8. The third kappa shape index (κ3) is 6.22. The van der Waals surface area contributed by atoms with Gasteiger partial charge in [0.2, 0.25) is 0 Å². The second-order valence-corrected chi connectivity index (χ2v) is 6.59. The van der Waals surface area contributed by atoms with Gasteiger partial charge in [-0.1, -0.05) is 36.4 Å². The van der Waals surface area contributed by atoms with E-state index in [2.05, 4.69) is 5.32 Å². The van der Waals surface area contributed by atoms with E-state index in [1.54, 1.807) is 41.3 Å². The van der Waals surface area contributed by atoms with Gasteiger partial charge in [0.25, 0.3) is 11.8 Å². The van der Waals surface area contributed by atoms with Gasteiger partial charge in [-0.3, -0.25) is 9.59 Å². The summed E-state index contributed by atoms with van der Waals surface area (Å²) in [6.45, 7) is 0.458. The SMILES string of the molecule is O=C(Nc1cccc(OCC(=O)N(CCO)CCc2ccccc2)c1)c1ccco1. The van der Waals surface area contributed by atoms with Gasteiger partial charge >= 0.3 is 0 Å². The molecule has 0 aliphatic carbocycles. The van der Waals surface area contributed by atoms with Gasteiger partial charge in [0.15, 0.2) is 12.4 Å². The van der Waals surface area contributed by atoms with Crippen molar-refractivity contribution in [2.45, 2.75) is 6.42 Å². The first kappa shape index (κ1) is 21.1. The Balaban J connectivity index is 1.53. The predicted molar refractivity (Wildman–Crippen MR) is 112 cm³/mol. The summed E-state index contributed by atoms with van der Waals surface area (Å²) in [4.78, 5) is 26.2. The van der Waals surface area contributed by atoms with E-state index in [1.807, 2.05) is 30.3 Å². The van der Waals surface area contributed by atoms with E-state index in [-0.39, 0.29) is 37.3 Å². The minimum atomic E-state index is -0.372. The van der Waals surface area contributed by atoms with Crippen molar-refractivity contribution >= 4 is 17.5 Å². The molecule has 3 aromatic rings. The molecule has 0 aliphatic heterocycles. The Kier molecular flexibility index (Phi) is 7.63. The van der Waals surface area contributed by atoms with E-state index in [0.29, 0.717) is 24.4 Å². The van der Waals surface area contributed by atoms with Crippen LogP contribution < -0.4 is 10.1 Å². The minimum absolute atomic E-state index is 0.116. The van der Waals surface area contributed by atoms with E-state index in [0.717, 1.165) is 5.56 Å². The molecule has 30 heavy (non-hydrogen) atoms. The van der Waals surface area contributed by atoms with Crippen molar-refractivity contribution in [1.29, 1.82) is 0 Å². The summed E-state index contributed by atoms with van der Waals surface area (Å²) in [5.74, 6) is 0.0652. The zero-order chi connectivity index (χ0) is 21.2.